The summed E-state index contributed by atoms with van der Waals surface area (Å²) in [4.78, 5) is 0. The normalized spacial score (nSPS) is 19.3. The first-order valence-electron chi connectivity index (χ1n) is 6.31. The lowest BCUT2D eigenvalue weighted by Gasteiger charge is -2.42. The Labute approximate surface area is 105 Å². The van der Waals surface area contributed by atoms with Gasteiger partial charge >= 0.3 is 12.3 Å². The van der Waals surface area contributed by atoms with Gasteiger partial charge in [0.1, 0.15) is 6.61 Å². The van der Waals surface area contributed by atoms with Crippen molar-refractivity contribution in [3.63, 3.8) is 0 Å². The van der Waals surface area contributed by atoms with Crippen LogP contribution < -0.4 is 5.32 Å². The highest BCUT2D eigenvalue weighted by molar-refractivity contribution is 4.91. The van der Waals surface area contributed by atoms with Crippen molar-refractivity contribution in [1.82, 2.24) is 5.32 Å². The van der Waals surface area contributed by atoms with E-state index in [1.54, 1.807) is 0 Å². The molecule has 0 aromatic heterocycles. The summed E-state index contributed by atoms with van der Waals surface area (Å²) in [6.07, 6.45) is -0.826. The smallest absolute Gasteiger partial charge is 0.330 e. The number of hydrogen-bond acceptors (Lipinski definition) is 2. The van der Waals surface area contributed by atoms with Gasteiger partial charge in [0.15, 0.2) is 0 Å². The van der Waals surface area contributed by atoms with Crippen LogP contribution in [0.5, 0.6) is 0 Å². The fourth-order valence-electron chi connectivity index (χ4n) is 1.94. The first kappa shape index (κ1) is 15.7. The maximum atomic E-state index is 12.8. The first-order valence-corrected chi connectivity index (χ1v) is 6.31. The summed E-state index contributed by atoms with van der Waals surface area (Å²) in [7, 11) is 0. The average Bonchev–Trinajstić information content (AvgIpc) is 2.20. The zero-order chi connectivity index (χ0) is 13.8. The van der Waals surface area contributed by atoms with E-state index in [-0.39, 0.29) is 0 Å². The summed E-state index contributed by atoms with van der Waals surface area (Å²) in [5.41, 5.74) is -0.625. The Morgan fingerprint density at radius 3 is 2.28 bits per heavy atom. The Hall–Kier alpha value is -0.360. The van der Waals surface area contributed by atoms with E-state index in [1.807, 2.05) is 13.8 Å². The summed E-state index contributed by atoms with van der Waals surface area (Å²) < 4.78 is 54.7. The van der Waals surface area contributed by atoms with Gasteiger partial charge in [-0.15, -0.1) is 0 Å². The van der Waals surface area contributed by atoms with Crippen LogP contribution in [-0.4, -0.2) is 37.1 Å². The van der Waals surface area contributed by atoms with Crippen molar-refractivity contribution < 1.29 is 22.3 Å². The lowest BCUT2D eigenvalue weighted by Crippen LogP contribution is -2.47. The summed E-state index contributed by atoms with van der Waals surface area (Å²) in [6, 6.07) is 0.310. The van der Waals surface area contributed by atoms with Crippen molar-refractivity contribution in [1.29, 1.82) is 0 Å². The van der Waals surface area contributed by atoms with Gasteiger partial charge < -0.3 is 10.1 Å². The molecular formula is C12H21F4NO. The molecule has 0 aromatic carbocycles. The molecule has 0 saturated heterocycles. The number of ether oxygens (including phenoxy) is 1. The van der Waals surface area contributed by atoms with Gasteiger partial charge in [-0.2, -0.15) is 8.78 Å². The molecule has 0 aromatic rings. The Balaban J connectivity index is 2.36. The van der Waals surface area contributed by atoms with Crippen molar-refractivity contribution in [2.24, 2.45) is 0 Å². The van der Waals surface area contributed by atoms with Gasteiger partial charge in [-0.25, -0.2) is 8.78 Å². The number of nitrogens with one attached hydrogen (secondary N) is 1. The molecule has 1 saturated carbocycles. The monoisotopic (exact) mass is 271 g/mol. The molecule has 6 heteroatoms. The second kappa shape index (κ2) is 6.19. The van der Waals surface area contributed by atoms with E-state index in [2.05, 4.69) is 5.32 Å². The molecule has 1 aliphatic carbocycles. The third-order valence-electron chi connectivity index (χ3n) is 3.29. The minimum absolute atomic E-state index is 0.310. The minimum atomic E-state index is -4.05. The molecule has 0 radical (unpaired) electrons. The van der Waals surface area contributed by atoms with Crippen molar-refractivity contribution in [3.8, 4) is 0 Å². The molecule has 0 heterocycles. The van der Waals surface area contributed by atoms with Crippen LogP contribution in [0, 0.1) is 0 Å². The van der Waals surface area contributed by atoms with Crippen molar-refractivity contribution in [3.05, 3.63) is 0 Å². The van der Waals surface area contributed by atoms with Crippen LogP contribution in [-0.2, 0) is 4.74 Å². The van der Waals surface area contributed by atoms with Gasteiger partial charge in [0.05, 0.1) is 5.60 Å². The Morgan fingerprint density at radius 2 is 1.89 bits per heavy atom. The highest BCUT2D eigenvalue weighted by atomic mass is 19.3. The third kappa shape index (κ3) is 4.39. The van der Waals surface area contributed by atoms with E-state index in [0.717, 1.165) is 6.42 Å². The van der Waals surface area contributed by atoms with Gasteiger partial charge in [-0.3, -0.25) is 0 Å². The fourth-order valence-corrected chi connectivity index (χ4v) is 1.94. The van der Waals surface area contributed by atoms with Crippen molar-refractivity contribution >= 4 is 0 Å². The van der Waals surface area contributed by atoms with E-state index in [0.29, 0.717) is 31.8 Å². The van der Waals surface area contributed by atoms with Gasteiger partial charge in [-0.1, -0.05) is 13.8 Å². The lowest BCUT2D eigenvalue weighted by molar-refractivity contribution is -0.211. The van der Waals surface area contributed by atoms with E-state index < -0.39 is 24.6 Å². The molecule has 18 heavy (non-hydrogen) atoms. The molecule has 0 unspecified atom stereocenters. The molecule has 108 valence electrons. The predicted molar refractivity (Wildman–Crippen MR) is 61.2 cm³/mol. The van der Waals surface area contributed by atoms with E-state index in [9.17, 15) is 17.6 Å². The molecule has 0 spiro atoms. The molecule has 1 N–H and O–H groups in total. The van der Waals surface area contributed by atoms with Gasteiger partial charge in [-0.05, 0) is 32.2 Å². The summed E-state index contributed by atoms with van der Waals surface area (Å²) in [5, 5.41) is 3.17. The van der Waals surface area contributed by atoms with Crippen LogP contribution in [0.1, 0.15) is 39.5 Å². The quantitative estimate of drug-likeness (QED) is 0.684. The highest BCUT2D eigenvalue weighted by Gasteiger charge is 2.45. The largest absolute Gasteiger partial charge is 0.368 e. The number of rotatable bonds is 8. The van der Waals surface area contributed by atoms with Crippen LogP contribution >= 0.6 is 0 Å². The maximum Gasteiger partial charge on any atom is 0.330 e. The lowest BCUT2D eigenvalue weighted by atomic mass is 9.77. The topological polar surface area (TPSA) is 21.3 Å². The van der Waals surface area contributed by atoms with Crippen LogP contribution in [0.3, 0.4) is 0 Å². The molecule has 0 aliphatic heterocycles. The number of hydrogen-bond donors (Lipinski definition) is 1. The molecule has 2 nitrogen and oxygen atoms in total. The molecule has 1 rings (SSSR count). The minimum Gasteiger partial charge on any atom is -0.368 e. The van der Waals surface area contributed by atoms with Gasteiger partial charge in [0, 0.05) is 6.04 Å². The average molecular weight is 271 g/mol. The first-order chi connectivity index (χ1) is 8.27. The van der Waals surface area contributed by atoms with Crippen molar-refractivity contribution in [2.75, 3.05) is 13.2 Å². The molecule has 0 bridgehead atoms. The second-order valence-corrected chi connectivity index (χ2v) is 5.25. The van der Waals surface area contributed by atoms with Crippen LogP contribution in [0.15, 0.2) is 0 Å². The number of alkyl halides is 4. The molecule has 0 atom stereocenters. The Kier molecular flexibility index (Phi) is 5.40. The Bertz CT molecular complexity index is 254. The highest BCUT2D eigenvalue weighted by Crippen LogP contribution is 2.40. The zero-order valence-corrected chi connectivity index (χ0v) is 10.8. The maximum absolute atomic E-state index is 12.8. The fraction of sp³-hybridized carbons (Fsp3) is 1.00. The molecule has 1 aliphatic rings. The third-order valence-corrected chi connectivity index (χ3v) is 3.29. The van der Waals surface area contributed by atoms with Gasteiger partial charge in [0.25, 0.3) is 0 Å². The molecular weight excluding hydrogens is 250 g/mol. The summed E-state index contributed by atoms with van der Waals surface area (Å²) in [6.45, 7) is 3.43. The Morgan fingerprint density at radius 1 is 1.28 bits per heavy atom. The molecule has 0 amide bonds. The summed E-state index contributed by atoms with van der Waals surface area (Å²) >= 11 is 0. The van der Waals surface area contributed by atoms with Crippen LogP contribution in [0.2, 0.25) is 0 Å². The number of halogens is 4. The predicted octanol–water partition coefficient (Wildman–Crippen LogP) is 3.21. The molecule has 1 fully saturated rings. The van der Waals surface area contributed by atoms with Crippen LogP contribution in [0.4, 0.5) is 17.6 Å². The van der Waals surface area contributed by atoms with Gasteiger partial charge in [0.2, 0.25) is 0 Å². The zero-order valence-electron chi connectivity index (χ0n) is 10.8. The van der Waals surface area contributed by atoms with E-state index in [4.69, 9.17) is 4.74 Å². The summed E-state index contributed by atoms with van der Waals surface area (Å²) in [5.74, 6) is -4.05. The standard InChI is InChI=1S/C12H21F4NO/c1-9(2)17-7-6-11(4-3-5-11)18-8-12(15,16)10(13)14/h9-10,17H,3-8H2,1-2H3. The van der Waals surface area contributed by atoms with Crippen molar-refractivity contribution in [2.45, 2.75) is 63.5 Å². The second-order valence-electron chi connectivity index (χ2n) is 5.25. The van der Waals surface area contributed by atoms with E-state index >= 15 is 0 Å². The van der Waals surface area contributed by atoms with E-state index in [1.165, 1.54) is 0 Å². The van der Waals surface area contributed by atoms with Crippen LogP contribution in [0.25, 0.3) is 0 Å². The SMILES string of the molecule is CC(C)NCCC1(OCC(F)(F)C(F)F)CCC1.